The van der Waals surface area contributed by atoms with E-state index in [0.29, 0.717) is 16.8 Å². The molecule has 0 aliphatic carbocycles. The van der Waals surface area contributed by atoms with Gasteiger partial charge in [0.1, 0.15) is 0 Å². The molecular weight excluding hydrogens is 400 g/mol. The lowest BCUT2D eigenvalue weighted by molar-refractivity contribution is -0.143. The normalized spacial score (nSPS) is 12.6. The number of carbonyl (C=O) groups excluding carboxylic acids is 3. The molecule has 3 aromatic carbocycles. The van der Waals surface area contributed by atoms with Crippen LogP contribution in [-0.4, -0.2) is 47.3 Å². The van der Waals surface area contributed by atoms with Crippen LogP contribution in [0, 0.1) is 0 Å². The van der Waals surface area contributed by atoms with Crippen molar-refractivity contribution in [2.45, 2.75) is 18.8 Å². The zero-order valence-corrected chi connectivity index (χ0v) is 16.7. The van der Waals surface area contributed by atoms with Crippen molar-refractivity contribution in [3.8, 4) is 0 Å². The lowest BCUT2D eigenvalue weighted by Gasteiger charge is -2.17. The molecule has 3 aromatic rings. The minimum Gasteiger partial charge on any atom is -0.465 e. The van der Waals surface area contributed by atoms with Crippen molar-refractivity contribution in [2.24, 2.45) is 0 Å². The van der Waals surface area contributed by atoms with E-state index in [2.05, 4.69) is 15.4 Å². The minimum atomic E-state index is -1.95. The third-order valence-electron chi connectivity index (χ3n) is 4.70. The van der Waals surface area contributed by atoms with E-state index in [4.69, 9.17) is 0 Å². The number of amides is 2. The van der Waals surface area contributed by atoms with Crippen LogP contribution in [-0.2, 0) is 20.9 Å². The first kappa shape index (κ1) is 21.9. The van der Waals surface area contributed by atoms with Crippen LogP contribution in [0.3, 0.4) is 0 Å². The van der Waals surface area contributed by atoms with Crippen molar-refractivity contribution in [1.82, 2.24) is 5.32 Å². The molecule has 2 unspecified atom stereocenters. The second-order valence-electron chi connectivity index (χ2n) is 6.85. The van der Waals surface area contributed by atoms with Crippen LogP contribution in [0.2, 0.25) is 0 Å². The molecule has 3 rings (SSSR count). The van der Waals surface area contributed by atoms with Crippen LogP contribution in [0.15, 0.2) is 66.7 Å². The van der Waals surface area contributed by atoms with Crippen molar-refractivity contribution in [2.75, 3.05) is 12.4 Å². The highest BCUT2D eigenvalue weighted by Gasteiger charge is 2.30. The van der Waals surface area contributed by atoms with E-state index in [0.717, 1.165) is 10.8 Å². The van der Waals surface area contributed by atoms with Gasteiger partial charge in [0.15, 0.2) is 12.2 Å². The molecule has 0 radical (unpaired) electrons. The van der Waals surface area contributed by atoms with Gasteiger partial charge in [-0.05, 0) is 40.6 Å². The predicted molar refractivity (Wildman–Crippen MR) is 114 cm³/mol. The van der Waals surface area contributed by atoms with Crippen molar-refractivity contribution < 1.29 is 29.3 Å². The number of methoxy groups -OCH3 is 1. The molecule has 0 aromatic heterocycles. The fourth-order valence-electron chi connectivity index (χ4n) is 2.94. The van der Waals surface area contributed by atoms with E-state index >= 15 is 0 Å². The summed E-state index contributed by atoms with van der Waals surface area (Å²) in [6.07, 6.45) is -3.90. The number of nitrogens with one attached hydrogen (secondary N) is 2. The molecule has 160 valence electrons. The topological polar surface area (TPSA) is 125 Å². The van der Waals surface area contributed by atoms with Gasteiger partial charge in [-0.3, -0.25) is 9.59 Å². The highest BCUT2D eigenvalue weighted by Crippen LogP contribution is 2.19. The first-order chi connectivity index (χ1) is 14.9. The molecule has 0 fully saturated rings. The number of anilines is 1. The highest BCUT2D eigenvalue weighted by molar-refractivity contribution is 6.00. The largest absolute Gasteiger partial charge is 0.465 e. The summed E-state index contributed by atoms with van der Waals surface area (Å²) >= 11 is 0. The van der Waals surface area contributed by atoms with Gasteiger partial charge in [0.05, 0.1) is 12.7 Å². The van der Waals surface area contributed by atoms with Crippen LogP contribution in [0.1, 0.15) is 15.9 Å². The fraction of sp³-hybridized carbons (Fsp3) is 0.174. The van der Waals surface area contributed by atoms with Gasteiger partial charge in [0, 0.05) is 12.2 Å². The van der Waals surface area contributed by atoms with E-state index in [-0.39, 0.29) is 6.54 Å². The highest BCUT2D eigenvalue weighted by atomic mass is 16.5. The van der Waals surface area contributed by atoms with Crippen molar-refractivity contribution in [1.29, 1.82) is 0 Å². The molecule has 2 atom stereocenters. The maximum absolute atomic E-state index is 12.3. The van der Waals surface area contributed by atoms with Crippen LogP contribution < -0.4 is 10.6 Å². The molecule has 8 nitrogen and oxygen atoms in total. The second kappa shape index (κ2) is 9.84. The second-order valence-corrected chi connectivity index (χ2v) is 6.85. The summed E-state index contributed by atoms with van der Waals surface area (Å²) in [6, 6.07) is 19.1. The summed E-state index contributed by atoms with van der Waals surface area (Å²) in [5.41, 5.74) is 1.45. The average Bonchev–Trinajstić information content (AvgIpc) is 2.81. The number of hydrogen-bond donors (Lipinski definition) is 4. The number of fused-ring (bicyclic) bond motifs is 1. The lowest BCUT2D eigenvalue weighted by atomic mass is 10.1. The maximum atomic E-state index is 12.3. The quantitative estimate of drug-likeness (QED) is 0.429. The summed E-state index contributed by atoms with van der Waals surface area (Å²) in [6.45, 7) is 0.0381. The summed E-state index contributed by atoms with van der Waals surface area (Å²) in [5.74, 6) is -2.29. The Labute approximate surface area is 178 Å². The number of ether oxygens (including phenoxy) is 1. The Balaban J connectivity index is 1.55. The van der Waals surface area contributed by atoms with Gasteiger partial charge in [0.2, 0.25) is 0 Å². The number of aliphatic hydroxyl groups is 2. The Kier molecular flexibility index (Phi) is 6.96. The molecule has 2 amide bonds. The molecule has 4 N–H and O–H groups in total. The Bertz CT molecular complexity index is 1100. The Morgan fingerprint density at radius 2 is 1.52 bits per heavy atom. The molecular formula is C23H22N2O6. The van der Waals surface area contributed by atoms with E-state index in [1.165, 1.54) is 19.2 Å². The van der Waals surface area contributed by atoms with Gasteiger partial charge in [-0.25, -0.2) is 4.79 Å². The third kappa shape index (κ3) is 5.44. The monoisotopic (exact) mass is 422 g/mol. The molecule has 0 heterocycles. The van der Waals surface area contributed by atoms with Crippen LogP contribution in [0.5, 0.6) is 0 Å². The van der Waals surface area contributed by atoms with Gasteiger partial charge in [-0.1, -0.05) is 42.5 Å². The number of rotatable bonds is 7. The van der Waals surface area contributed by atoms with Crippen LogP contribution in [0.25, 0.3) is 10.8 Å². The fourth-order valence-corrected chi connectivity index (χ4v) is 2.94. The van der Waals surface area contributed by atoms with Crippen LogP contribution in [0.4, 0.5) is 5.69 Å². The van der Waals surface area contributed by atoms with Gasteiger partial charge >= 0.3 is 5.97 Å². The molecule has 0 spiro atoms. The number of esters is 1. The number of benzene rings is 3. The molecule has 0 saturated carbocycles. The van der Waals surface area contributed by atoms with E-state index in [1.807, 2.05) is 30.3 Å². The van der Waals surface area contributed by atoms with Crippen molar-refractivity contribution in [3.63, 3.8) is 0 Å². The summed E-state index contributed by atoms with van der Waals surface area (Å²) in [7, 11) is 1.28. The van der Waals surface area contributed by atoms with Crippen molar-refractivity contribution in [3.05, 3.63) is 77.9 Å². The molecule has 0 saturated heterocycles. The standard InChI is InChI=1S/C23H22N2O6/c1-31-23(30)16-8-6-14(7-9-16)13-24-21(28)19(26)20(27)22(29)25-18-11-10-15-4-2-3-5-17(15)12-18/h2-12,19-20,26-27H,13H2,1H3,(H,24,28)(H,25,29). The van der Waals surface area contributed by atoms with Gasteiger partial charge in [0.25, 0.3) is 11.8 Å². The zero-order valence-electron chi connectivity index (χ0n) is 16.7. The summed E-state index contributed by atoms with van der Waals surface area (Å²) in [4.78, 5) is 35.8. The van der Waals surface area contributed by atoms with E-state index in [1.54, 1.807) is 24.3 Å². The Morgan fingerprint density at radius 3 is 2.19 bits per heavy atom. The SMILES string of the molecule is COC(=O)c1ccc(CNC(=O)C(O)C(O)C(=O)Nc2ccc3ccccc3c2)cc1. The first-order valence-electron chi connectivity index (χ1n) is 9.50. The molecule has 0 bridgehead atoms. The first-order valence-corrected chi connectivity index (χ1v) is 9.50. The van der Waals surface area contributed by atoms with E-state index in [9.17, 15) is 24.6 Å². The molecule has 31 heavy (non-hydrogen) atoms. The maximum Gasteiger partial charge on any atom is 0.337 e. The molecule has 0 aliphatic heterocycles. The van der Waals surface area contributed by atoms with Gasteiger partial charge in [-0.15, -0.1) is 0 Å². The van der Waals surface area contributed by atoms with Crippen LogP contribution >= 0.6 is 0 Å². The van der Waals surface area contributed by atoms with Crippen molar-refractivity contribution >= 4 is 34.2 Å². The zero-order chi connectivity index (χ0) is 22.4. The molecule has 8 heteroatoms. The molecule has 0 aliphatic rings. The van der Waals surface area contributed by atoms with Gasteiger partial charge in [-0.2, -0.15) is 0 Å². The summed E-state index contributed by atoms with van der Waals surface area (Å²) < 4.78 is 4.61. The lowest BCUT2D eigenvalue weighted by Crippen LogP contribution is -2.47. The minimum absolute atomic E-state index is 0.0381. The predicted octanol–water partition coefficient (Wildman–Crippen LogP) is 1.60. The smallest absolute Gasteiger partial charge is 0.337 e. The number of carbonyl (C=O) groups is 3. The average molecular weight is 422 g/mol. The Hall–Kier alpha value is -3.75. The third-order valence-corrected chi connectivity index (χ3v) is 4.70. The Morgan fingerprint density at radius 1 is 0.871 bits per heavy atom. The number of hydrogen-bond acceptors (Lipinski definition) is 6. The van der Waals surface area contributed by atoms with Gasteiger partial charge < -0.3 is 25.6 Å². The van der Waals surface area contributed by atoms with E-state index < -0.39 is 30.0 Å². The summed E-state index contributed by atoms with van der Waals surface area (Å²) in [5, 5.41) is 26.9. The number of aliphatic hydroxyl groups excluding tert-OH is 2.